The SMILES string of the molecule is CC(O)(CNC(=O)C(NC(=O)OCC1c2ccccc2-c2ccccc21)c1ccccc1)C(=O)O. The number of alkyl carbamates (subject to hydrolysis) is 1. The number of carbonyl (C=O) groups is 3. The minimum absolute atomic E-state index is 0.0801. The first kappa shape index (κ1) is 24.0. The van der Waals surface area contributed by atoms with Crippen LogP contribution in [-0.2, 0) is 14.3 Å². The first-order valence-electron chi connectivity index (χ1n) is 11.2. The number of ether oxygens (including phenoxy) is 1. The number of benzene rings is 3. The zero-order valence-electron chi connectivity index (χ0n) is 19.1. The first-order valence-corrected chi connectivity index (χ1v) is 11.2. The highest BCUT2D eigenvalue weighted by Gasteiger charge is 2.33. The minimum Gasteiger partial charge on any atom is -0.479 e. The molecule has 2 unspecified atom stereocenters. The Morgan fingerprint density at radius 1 is 0.914 bits per heavy atom. The zero-order valence-corrected chi connectivity index (χ0v) is 19.1. The molecule has 0 bridgehead atoms. The molecule has 0 spiro atoms. The van der Waals surface area contributed by atoms with Gasteiger partial charge in [0.15, 0.2) is 5.60 Å². The van der Waals surface area contributed by atoms with Crippen molar-refractivity contribution in [2.24, 2.45) is 0 Å². The second-order valence-corrected chi connectivity index (χ2v) is 8.61. The summed E-state index contributed by atoms with van der Waals surface area (Å²) in [6.45, 7) is 0.625. The van der Waals surface area contributed by atoms with Gasteiger partial charge in [-0.1, -0.05) is 78.9 Å². The number of hydrogen-bond acceptors (Lipinski definition) is 5. The van der Waals surface area contributed by atoms with Crippen molar-refractivity contribution in [3.8, 4) is 11.1 Å². The van der Waals surface area contributed by atoms with Gasteiger partial charge in [-0.15, -0.1) is 0 Å². The fraction of sp³-hybridized carbons (Fsp3) is 0.222. The van der Waals surface area contributed by atoms with Crippen LogP contribution < -0.4 is 10.6 Å². The summed E-state index contributed by atoms with van der Waals surface area (Å²) in [6.07, 6.45) is -0.791. The van der Waals surface area contributed by atoms with Crippen LogP contribution in [0.15, 0.2) is 78.9 Å². The Bertz CT molecular complexity index is 1200. The smallest absolute Gasteiger partial charge is 0.408 e. The van der Waals surface area contributed by atoms with Crippen molar-refractivity contribution in [3.05, 3.63) is 95.6 Å². The number of carboxylic acid groups (broad SMARTS) is 1. The number of hydrogen-bond donors (Lipinski definition) is 4. The molecule has 0 heterocycles. The number of aliphatic hydroxyl groups is 1. The average molecular weight is 475 g/mol. The van der Waals surface area contributed by atoms with Crippen LogP contribution in [0, 0.1) is 0 Å². The molecule has 180 valence electrons. The van der Waals surface area contributed by atoms with Crippen LogP contribution in [0.5, 0.6) is 0 Å². The lowest BCUT2D eigenvalue weighted by atomic mass is 9.98. The molecule has 0 fully saturated rings. The predicted molar refractivity (Wildman–Crippen MR) is 129 cm³/mol. The molecule has 0 saturated heterocycles. The maximum Gasteiger partial charge on any atom is 0.408 e. The van der Waals surface area contributed by atoms with E-state index in [4.69, 9.17) is 9.84 Å². The lowest BCUT2D eigenvalue weighted by molar-refractivity contribution is -0.156. The van der Waals surface area contributed by atoms with Crippen LogP contribution in [0.4, 0.5) is 4.79 Å². The Balaban J connectivity index is 1.46. The van der Waals surface area contributed by atoms with E-state index in [1.54, 1.807) is 30.3 Å². The number of carbonyl (C=O) groups excluding carboxylic acids is 2. The van der Waals surface area contributed by atoms with E-state index in [-0.39, 0.29) is 12.5 Å². The second-order valence-electron chi connectivity index (χ2n) is 8.61. The molecular weight excluding hydrogens is 448 g/mol. The lowest BCUT2D eigenvalue weighted by Gasteiger charge is -2.23. The van der Waals surface area contributed by atoms with Crippen molar-refractivity contribution >= 4 is 18.0 Å². The fourth-order valence-corrected chi connectivity index (χ4v) is 4.14. The van der Waals surface area contributed by atoms with E-state index in [0.717, 1.165) is 29.2 Å². The Morgan fingerprint density at radius 3 is 2.03 bits per heavy atom. The van der Waals surface area contributed by atoms with E-state index in [0.29, 0.717) is 5.56 Å². The number of fused-ring (bicyclic) bond motifs is 3. The van der Waals surface area contributed by atoms with E-state index < -0.39 is 36.2 Å². The molecule has 8 nitrogen and oxygen atoms in total. The molecule has 3 aromatic rings. The monoisotopic (exact) mass is 474 g/mol. The summed E-state index contributed by atoms with van der Waals surface area (Å²) in [6, 6.07) is 23.3. The largest absolute Gasteiger partial charge is 0.479 e. The maximum atomic E-state index is 12.9. The van der Waals surface area contributed by atoms with E-state index >= 15 is 0 Å². The van der Waals surface area contributed by atoms with Crippen molar-refractivity contribution < 1.29 is 29.3 Å². The third-order valence-electron chi connectivity index (χ3n) is 6.07. The maximum absolute atomic E-state index is 12.9. The first-order chi connectivity index (χ1) is 16.8. The Hall–Kier alpha value is -4.17. The Morgan fingerprint density at radius 2 is 1.46 bits per heavy atom. The molecule has 1 aliphatic carbocycles. The third-order valence-corrected chi connectivity index (χ3v) is 6.07. The highest BCUT2D eigenvalue weighted by Crippen LogP contribution is 2.44. The average Bonchev–Trinajstić information content (AvgIpc) is 3.19. The molecule has 35 heavy (non-hydrogen) atoms. The van der Waals surface area contributed by atoms with E-state index in [1.807, 2.05) is 48.5 Å². The molecule has 2 amide bonds. The number of nitrogens with one attached hydrogen (secondary N) is 2. The Kier molecular flexibility index (Phi) is 6.84. The van der Waals surface area contributed by atoms with Gasteiger partial charge in [0.1, 0.15) is 12.6 Å². The van der Waals surface area contributed by atoms with Crippen molar-refractivity contribution in [2.45, 2.75) is 24.5 Å². The summed E-state index contributed by atoms with van der Waals surface area (Å²) in [5.41, 5.74) is 2.66. The summed E-state index contributed by atoms with van der Waals surface area (Å²) in [5, 5.41) is 24.0. The van der Waals surface area contributed by atoms with E-state index in [9.17, 15) is 19.5 Å². The standard InChI is InChI=1S/C27H26N2O6/c1-27(34,25(31)32)16-28-24(30)23(17-9-3-2-4-10-17)29-26(33)35-15-22-20-13-7-5-11-18(20)19-12-6-8-14-21(19)22/h2-14,22-23,34H,15-16H2,1H3,(H,28,30)(H,29,33)(H,31,32). The van der Waals surface area contributed by atoms with E-state index in [1.165, 1.54) is 0 Å². The van der Waals surface area contributed by atoms with Gasteiger partial charge in [-0.25, -0.2) is 9.59 Å². The van der Waals surface area contributed by atoms with Crippen LogP contribution in [0.2, 0.25) is 0 Å². The number of aliphatic carboxylic acids is 1. The van der Waals surface area contributed by atoms with Crippen LogP contribution in [0.3, 0.4) is 0 Å². The topological polar surface area (TPSA) is 125 Å². The molecule has 2 atom stereocenters. The summed E-state index contributed by atoms with van der Waals surface area (Å²) >= 11 is 0. The van der Waals surface area contributed by atoms with Gasteiger partial charge in [0.05, 0.1) is 6.54 Å². The highest BCUT2D eigenvalue weighted by molar-refractivity contribution is 5.88. The van der Waals surface area contributed by atoms with Gasteiger partial charge >= 0.3 is 12.1 Å². The molecule has 8 heteroatoms. The van der Waals surface area contributed by atoms with Crippen molar-refractivity contribution in [1.82, 2.24) is 10.6 Å². The van der Waals surface area contributed by atoms with Crippen molar-refractivity contribution in [1.29, 1.82) is 0 Å². The zero-order chi connectivity index (χ0) is 25.0. The quantitative estimate of drug-likeness (QED) is 0.397. The number of amides is 2. The predicted octanol–water partition coefficient (Wildman–Crippen LogP) is 3.22. The molecule has 0 radical (unpaired) electrons. The molecule has 0 saturated carbocycles. The van der Waals surface area contributed by atoms with Crippen LogP contribution >= 0.6 is 0 Å². The summed E-state index contributed by atoms with van der Waals surface area (Å²) in [5.74, 6) is -2.28. The molecule has 1 aliphatic rings. The number of rotatable bonds is 8. The van der Waals surface area contributed by atoms with Gasteiger partial charge in [0.25, 0.3) is 0 Å². The molecule has 0 aliphatic heterocycles. The lowest BCUT2D eigenvalue weighted by Crippen LogP contribution is -2.49. The molecular formula is C27H26N2O6. The van der Waals surface area contributed by atoms with Gasteiger partial charge < -0.3 is 25.6 Å². The molecule has 4 N–H and O–H groups in total. The van der Waals surface area contributed by atoms with Crippen LogP contribution in [0.1, 0.15) is 35.6 Å². The van der Waals surface area contributed by atoms with Gasteiger partial charge in [0, 0.05) is 5.92 Å². The summed E-state index contributed by atoms with van der Waals surface area (Å²) < 4.78 is 5.55. The van der Waals surface area contributed by atoms with Crippen molar-refractivity contribution in [3.63, 3.8) is 0 Å². The highest BCUT2D eigenvalue weighted by atomic mass is 16.5. The molecule has 3 aromatic carbocycles. The second kappa shape index (κ2) is 9.99. The number of carboxylic acids is 1. The van der Waals surface area contributed by atoms with Crippen LogP contribution in [-0.4, -0.2) is 46.9 Å². The van der Waals surface area contributed by atoms with Crippen molar-refractivity contribution in [2.75, 3.05) is 13.2 Å². The Labute approximate surface area is 202 Å². The van der Waals surface area contributed by atoms with Gasteiger partial charge in [-0.2, -0.15) is 0 Å². The van der Waals surface area contributed by atoms with Gasteiger partial charge in [-0.3, -0.25) is 4.79 Å². The fourth-order valence-electron chi connectivity index (χ4n) is 4.14. The summed E-state index contributed by atoms with van der Waals surface area (Å²) in [4.78, 5) is 36.8. The van der Waals surface area contributed by atoms with Gasteiger partial charge in [-0.05, 0) is 34.7 Å². The third kappa shape index (κ3) is 5.17. The molecule has 0 aromatic heterocycles. The normalized spacial score (nSPS) is 14.7. The van der Waals surface area contributed by atoms with Gasteiger partial charge in [0.2, 0.25) is 5.91 Å². The minimum atomic E-state index is -2.15. The molecule has 4 rings (SSSR count). The van der Waals surface area contributed by atoms with E-state index in [2.05, 4.69) is 10.6 Å². The summed E-state index contributed by atoms with van der Waals surface area (Å²) in [7, 11) is 0. The van der Waals surface area contributed by atoms with Crippen LogP contribution in [0.25, 0.3) is 11.1 Å².